The van der Waals surface area contributed by atoms with Crippen LogP contribution in [0.25, 0.3) is 0 Å². The van der Waals surface area contributed by atoms with Crippen LogP contribution in [0.1, 0.15) is 12.0 Å². The fourth-order valence-corrected chi connectivity index (χ4v) is 2.72. The molecule has 0 radical (unpaired) electrons. The molecule has 1 aromatic carbocycles. The topological polar surface area (TPSA) is 29.3 Å². The SMILES string of the molecule is NC1CC2Cc3cccc(F)c3N2C1. The zero-order valence-electron chi connectivity index (χ0n) is 7.91. The lowest BCUT2D eigenvalue weighted by molar-refractivity contribution is 0.621. The van der Waals surface area contributed by atoms with Gasteiger partial charge in [-0.15, -0.1) is 0 Å². The third-order valence-electron chi connectivity index (χ3n) is 3.26. The second-order valence-electron chi connectivity index (χ2n) is 4.25. The number of nitrogens with zero attached hydrogens (tertiary/aromatic N) is 1. The lowest BCUT2D eigenvalue weighted by atomic mass is 10.1. The molecule has 1 aromatic rings. The van der Waals surface area contributed by atoms with E-state index >= 15 is 0 Å². The van der Waals surface area contributed by atoms with Crippen molar-refractivity contribution in [3.05, 3.63) is 29.6 Å². The standard InChI is InChI=1S/C11H13FN2/c12-10-3-1-2-7-4-9-5-8(13)6-14(9)11(7)10/h1-3,8-9H,4-6,13H2. The van der Waals surface area contributed by atoms with Gasteiger partial charge in [0.15, 0.2) is 0 Å². The number of para-hydroxylation sites is 1. The van der Waals surface area contributed by atoms with E-state index in [9.17, 15) is 4.39 Å². The Labute approximate surface area is 82.5 Å². The average Bonchev–Trinajstić information content (AvgIpc) is 2.60. The summed E-state index contributed by atoms with van der Waals surface area (Å²) in [5.41, 5.74) is 7.81. The van der Waals surface area contributed by atoms with Gasteiger partial charge in [-0.25, -0.2) is 4.39 Å². The third kappa shape index (κ3) is 0.989. The van der Waals surface area contributed by atoms with Gasteiger partial charge in [-0.1, -0.05) is 12.1 Å². The molecule has 2 nitrogen and oxygen atoms in total. The Balaban J connectivity index is 2.07. The monoisotopic (exact) mass is 192 g/mol. The van der Waals surface area contributed by atoms with Gasteiger partial charge >= 0.3 is 0 Å². The van der Waals surface area contributed by atoms with E-state index in [1.807, 2.05) is 6.07 Å². The summed E-state index contributed by atoms with van der Waals surface area (Å²) in [5.74, 6) is -0.0981. The number of hydrogen-bond donors (Lipinski definition) is 1. The Hall–Kier alpha value is -1.09. The van der Waals surface area contributed by atoms with Crippen molar-refractivity contribution in [2.45, 2.75) is 24.9 Å². The minimum atomic E-state index is -0.0981. The molecule has 0 spiro atoms. The Morgan fingerprint density at radius 1 is 1.43 bits per heavy atom. The average molecular weight is 192 g/mol. The molecule has 0 amide bonds. The van der Waals surface area contributed by atoms with E-state index in [-0.39, 0.29) is 11.9 Å². The predicted molar refractivity (Wildman–Crippen MR) is 53.8 cm³/mol. The minimum absolute atomic E-state index is 0.0981. The Kier molecular flexibility index (Phi) is 1.59. The van der Waals surface area contributed by atoms with Crippen molar-refractivity contribution in [3.63, 3.8) is 0 Å². The quantitative estimate of drug-likeness (QED) is 0.671. The number of fused-ring (bicyclic) bond motifs is 3. The molecule has 1 saturated heterocycles. The first-order valence-corrected chi connectivity index (χ1v) is 5.05. The second kappa shape index (κ2) is 2.70. The normalized spacial score (nSPS) is 29.1. The fraction of sp³-hybridized carbons (Fsp3) is 0.455. The minimum Gasteiger partial charge on any atom is -0.364 e. The molecule has 2 aliphatic rings. The highest BCUT2D eigenvalue weighted by atomic mass is 19.1. The van der Waals surface area contributed by atoms with E-state index in [0.29, 0.717) is 6.04 Å². The van der Waals surface area contributed by atoms with Gasteiger partial charge in [-0.2, -0.15) is 0 Å². The number of benzene rings is 1. The molecular formula is C11H13FN2. The van der Waals surface area contributed by atoms with Crippen LogP contribution < -0.4 is 10.6 Å². The predicted octanol–water partition coefficient (Wildman–Crippen LogP) is 1.29. The fourth-order valence-electron chi connectivity index (χ4n) is 2.72. The molecule has 3 rings (SSSR count). The first-order valence-electron chi connectivity index (χ1n) is 5.05. The molecule has 74 valence electrons. The van der Waals surface area contributed by atoms with Crippen LogP contribution in [0.4, 0.5) is 10.1 Å². The van der Waals surface area contributed by atoms with Crippen molar-refractivity contribution in [1.82, 2.24) is 0 Å². The highest BCUT2D eigenvalue weighted by Gasteiger charge is 2.38. The molecule has 0 saturated carbocycles. The third-order valence-corrected chi connectivity index (χ3v) is 3.26. The van der Waals surface area contributed by atoms with Gasteiger partial charge < -0.3 is 10.6 Å². The number of nitrogens with two attached hydrogens (primary N) is 1. The summed E-state index contributed by atoms with van der Waals surface area (Å²) >= 11 is 0. The number of halogens is 1. The van der Waals surface area contributed by atoms with Gasteiger partial charge in [0.05, 0.1) is 5.69 Å². The Morgan fingerprint density at radius 2 is 2.29 bits per heavy atom. The number of rotatable bonds is 0. The maximum absolute atomic E-state index is 13.6. The van der Waals surface area contributed by atoms with E-state index in [2.05, 4.69) is 4.90 Å². The molecule has 14 heavy (non-hydrogen) atoms. The van der Waals surface area contributed by atoms with E-state index in [1.54, 1.807) is 6.07 Å². The van der Waals surface area contributed by atoms with Crippen LogP contribution in [0.15, 0.2) is 18.2 Å². The van der Waals surface area contributed by atoms with Crippen LogP contribution in [0, 0.1) is 5.82 Å². The summed E-state index contributed by atoms with van der Waals surface area (Å²) in [5, 5.41) is 0. The lowest BCUT2D eigenvalue weighted by Gasteiger charge is -2.18. The second-order valence-corrected chi connectivity index (χ2v) is 4.25. The molecule has 2 heterocycles. The number of anilines is 1. The van der Waals surface area contributed by atoms with Crippen molar-refractivity contribution >= 4 is 5.69 Å². The molecule has 1 fully saturated rings. The Bertz CT molecular complexity index is 378. The van der Waals surface area contributed by atoms with E-state index < -0.39 is 0 Å². The summed E-state index contributed by atoms with van der Waals surface area (Å²) in [6, 6.07) is 5.99. The van der Waals surface area contributed by atoms with E-state index in [4.69, 9.17) is 5.73 Å². The van der Waals surface area contributed by atoms with Crippen LogP contribution in [0.2, 0.25) is 0 Å². The van der Waals surface area contributed by atoms with E-state index in [1.165, 1.54) is 6.07 Å². The van der Waals surface area contributed by atoms with Crippen molar-refractivity contribution in [1.29, 1.82) is 0 Å². The van der Waals surface area contributed by atoms with Crippen molar-refractivity contribution < 1.29 is 4.39 Å². The smallest absolute Gasteiger partial charge is 0.146 e. The Morgan fingerprint density at radius 3 is 3.14 bits per heavy atom. The first kappa shape index (κ1) is 8.24. The highest BCUT2D eigenvalue weighted by Crippen LogP contribution is 2.38. The molecule has 2 atom stereocenters. The molecule has 2 N–H and O–H groups in total. The van der Waals surface area contributed by atoms with Crippen molar-refractivity contribution in [3.8, 4) is 0 Å². The summed E-state index contributed by atoms with van der Waals surface area (Å²) in [4.78, 5) is 2.13. The summed E-state index contributed by atoms with van der Waals surface area (Å²) in [7, 11) is 0. The highest BCUT2D eigenvalue weighted by molar-refractivity contribution is 5.61. The van der Waals surface area contributed by atoms with Gasteiger partial charge in [0.2, 0.25) is 0 Å². The van der Waals surface area contributed by atoms with Gasteiger partial charge in [0, 0.05) is 18.6 Å². The zero-order valence-corrected chi connectivity index (χ0v) is 7.91. The molecule has 2 aliphatic heterocycles. The van der Waals surface area contributed by atoms with Crippen LogP contribution in [-0.4, -0.2) is 18.6 Å². The van der Waals surface area contributed by atoms with Gasteiger partial charge in [0.25, 0.3) is 0 Å². The maximum atomic E-state index is 13.6. The zero-order chi connectivity index (χ0) is 9.71. The van der Waals surface area contributed by atoms with Gasteiger partial charge in [-0.3, -0.25) is 0 Å². The van der Waals surface area contributed by atoms with Crippen molar-refractivity contribution in [2.75, 3.05) is 11.4 Å². The first-order chi connectivity index (χ1) is 6.75. The molecule has 2 unspecified atom stereocenters. The maximum Gasteiger partial charge on any atom is 0.146 e. The van der Waals surface area contributed by atoms with Crippen molar-refractivity contribution in [2.24, 2.45) is 5.73 Å². The molecule has 0 aliphatic carbocycles. The summed E-state index contributed by atoms with van der Waals surface area (Å²) in [6.45, 7) is 0.804. The largest absolute Gasteiger partial charge is 0.364 e. The van der Waals surface area contributed by atoms with Crippen LogP contribution >= 0.6 is 0 Å². The molecule has 0 bridgehead atoms. The van der Waals surface area contributed by atoms with Gasteiger partial charge in [-0.05, 0) is 24.5 Å². The summed E-state index contributed by atoms with van der Waals surface area (Å²) < 4.78 is 13.6. The molecule has 0 aromatic heterocycles. The van der Waals surface area contributed by atoms with Crippen LogP contribution in [-0.2, 0) is 6.42 Å². The van der Waals surface area contributed by atoms with Crippen LogP contribution in [0.5, 0.6) is 0 Å². The molecule has 3 heteroatoms. The van der Waals surface area contributed by atoms with Gasteiger partial charge in [0.1, 0.15) is 5.82 Å². The lowest BCUT2D eigenvalue weighted by Crippen LogP contribution is -2.27. The molecular weight excluding hydrogens is 179 g/mol. The van der Waals surface area contributed by atoms with E-state index in [0.717, 1.165) is 30.6 Å². The number of hydrogen-bond acceptors (Lipinski definition) is 2. The summed E-state index contributed by atoms with van der Waals surface area (Å²) in [6.07, 6.45) is 1.95. The van der Waals surface area contributed by atoms with Crippen LogP contribution in [0.3, 0.4) is 0 Å².